The van der Waals surface area contributed by atoms with Crippen LogP contribution in [0.1, 0.15) is 0 Å². The lowest BCUT2D eigenvalue weighted by molar-refractivity contribution is 0.302. The summed E-state index contributed by atoms with van der Waals surface area (Å²) in [6.45, 7) is 1.34. The number of benzene rings is 1. The predicted molar refractivity (Wildman–Crippen MR) is 69.5 cm³/mol. The number of aliphatic hydroxyl groups excluding tert-OH is 1. The number of halogens is 1. The average molecular weight is 294 g/mol. The van der Waals surface area contributed by atoms with Crippen molar-refractivity contribution in [3.8, 4) is 0 Å². The summed E-state index contributed by atoms with van der Waals surface area (Å²) >= 11 is 1.68. The van der Waals surface area contributed by atoms with Crippen molar-refractivity contribution < 1.29 is 13.5 Å². The SMILES string of the molecule is O=S(=O)(Cl)c1ccc2c(c1)N(CCO)CCS2. The van der Waals surface area contributed by atoms with Gasteiger partial charge in [-0.3, -0.25) is 0 Å². The first kappa shape index (κ1) is 13.0. The number of fused-ring (bicyclic) bond motifs is 1. The summed E-state index contributed by atoms with van der Waals surface area (Å²) in [6, 6.07) is 4.84. The lowest BCUT2D eigenvalue weighted by Gasteiger charge is -2.30. The number of thioether (sulfide) groups is 1. The maximum Gasteiger partial charge on any atom is 0.261 e. The van der Waals surface area contributed by atoms with Crippen LogP contribution in [-0.2, 0) is 9.05 Å². The molecule has 1 aliphatic heterocycles. The fourth-order valence-electron chi connectivity index (χ4n) is 1.76. The number of anilines is 1. The van der Waals surface area contributed by atoms with Crippen LogP contribution in [0.5, 0.6) is 0 Å². The second-order valence-electron chi connectivity index (χ2n) is 3.63. The minimum Gasteiger partial charge on any atom is -0.395 e. The molecule has 0 amide bonds. The highest BCUT2D eigenvalue weighted by atomic mass is 35.7. The molecule has 1 N–H and O–H groups in total. The van der Waals surface area contributed by atoms with E-state index in [2.05, 4.69) is 0 Å². The molecule has 1 aromatic rings. The second kappa shape index (κ2) is 5.06. The van der Waals surface area contributed by atoms with Gasteiger partial charge in [-0.1, -0.05) is 0 Å². The minimum absolute atomic E-state index is 0.0436. The van der Waals surface area contributed by atoms with Crippen molar-refractivity contribution in [2.24, 2.45) is 0 Å². The molecule has 0 saturated carbocycles. The molecule has 1 aliphatic rings. The predicted octanol–water partition coefficient (Wildman–Crippen LogP) is 1.52. The van der Waals surface area contributed by atoms with Crippen molar-refractivity contribution in [3.05, 3.63) is 18.2 Å². The standard InChI is InChI=1S/C10H12ClNO3S2/c11-17(14,15)8-1-2-10-9(7-8)12(3-5-13)4-6-16-10/h1-2,7,13H,3-6H2. The van der Waals surface area contributed by atoms with Crippen LogP contribution in [0.25, 0.3) is 0 Å². The van der Waals surface area contributed by atoms with Crippen LogP contribution in [0.3, 0.4) is 0 Å². The first-order valence-electron chi connectivity index (χ1n) is 5.09. The van der Waals surface area contributed by atoms with Crippen molar-refractivity contribution in [1.82, 2.24) is 0 Å². The van der Waals surface area contributed by atoms with Gasteiger partial charge in [-0.15, -0.1) is 11.8 Å². The van der Waals surface area contributed by atoms with Crippen LogP contribution in [0, 0.1) is 0 Å². The van der Waals surface area contributed by atoms with Gasteiger partial charge in [-0.25, -0.2) is 8.42 Å². The summed E-state index contributed by atoms with van der Waals surface area (Å²) in [5.41, 5.74) is 0.831. The van der Waals surface area contributed by atoms with Gasteiger partial charge in [-0.05, 0) is 18.2 Å². The molecule has 0 aliphatic carbocycles. The molecule has 94 valence electrons. The van der Waals surface area contributed by atoms with Crippen LogP contribution in [0.4, 0.5) is 5.69 Å². The van der Waals surface area contributed by atoms with Crippen LogP contribution in [0.15, 0.2) is 28.0 Å². The van der Waals surface area contributed by atoms with E-state index in [9.17, 15) is 8.42 Å². The maximum absolute atomic E-state index is 11.3. The Labute approximate surface area is 109 Å². The molecule has 0 aromatic heterocycles. The summed E-state index contributed by atoms with van der Waals surface area (Å²) in [6.07, 6.45) is 0. The van der Waals surface area contributed by atoms with Crippen molar-refractivity contribution >= 4 is 37.2 Å². The van der Waals surface area contributed by atoms with Gasteiger partial charge in [0.1, 0.15) is 0 Å². The van der Waals surface area contributed by atoms with Gasteiger partial charge in [-0.2, -0.15) is 0 Å². The molecular weight excluding hydrogens is 282 g/mol. The Balaban J connectivity index is 2.44. The Morgan fingerprint density at radius 3 is 2.88 bits per heavy atom. The molecule has 17 heavy (non-hydrogen) atoms. The van der Waals surface area contributed by atoms with Crippen LogP contribution in [-0.4, -0.2) is 39.0 Å². The monoisotopic (exact) mass is 293 g/mol. The molecule has 7 heteroatoms. The third kappa shape index (κ3) is 2.88. The third-order valence-corrected chi connectivity index (χ3v) is 4.94. The van der Waals surface area contributed by atoms with Gasteiger partial charge in [0.2, 0.25) is 0 Å². The van der Waals surface area contributed by atoms with Crippen LogP contribution >= 0.6 is 22.4 Å². The Kier molecular flexibility index (Phi) is 3.87. The Morgan fingerprint density at radius 1 is 1.47 bits per heavy atom. The molecule has 0 unspecified atom stereocenters. The molecule has 0 saturated heterocycles. The topological polar surface area (TPSA) is 57.6 Å². The highest BCUT2D eigenvalue weighted by Gasteiger charge is 2.20. The van der Waals surface area contributed by atoms with Crippen molar-refractivity contribution in [1.29, 1.82) is 0 Å². The van der Waals surface area contributed by atoms with E-state index in [0.717, 1.165) is 22.9 Å². The van der Waals surface area contributed by atoms with Gasteiger partial charge in [0.25, 0.3) is 9.05 Å². The number of β-amino-alcohol motifs (C(OH)–C–C–N with tert-alkyl or cyclic N) is 1. The van der Waals surface area contributed by atoms with E-state index in [1.54, 1.807) is 23.9 Å². The number of aliphatic hydroxyl groups is 1. The van der Waals surface area contributed by atoms with Crippen LogP contribution < -0.4 is 4.90 Å². The Bertz CT molecular complexity index is 518. The number of rotatable bonds is 3. The highest BCUT2D eigenvalue weighted by molar-refractivity contribution is 8.13. The van der Waals surface area contributed by atoms with Gasteiger partial charge < -0.3 is 10.0 Å². The first-order valence-corrected chi connectivity index (χ1v) is 8.39. The molecule has 0 spiro atoms. The first-order chi connectivity index (χ1) is 8.02. The summed E-state index contributed by atoms with van der Waals surface area (Å²) < 4.78 is 22.5. The second-order valence-corrected chi connectivity index (χ2v) is 7.33. The van der Waals surface area contributed by atoms with E-state index < -0.39 is 9.05 Å². The zero-order valence-corrected chi connectivity index (χ0v) is 11.4. The zero-order chi connectivity index (χ0) is 12.5. The van der Waals surface area contributed by atoms with E-state index in [0.29, 0.717) is 6.54 Å². The molecular formula is C10H12ClNO3S2. The molecule has 4 nitrogen and oxygen atoms in total. The smallest absolute Gasteiger partial charge is 0.261 e. The maximum atomic E-state index is 11.3. The molecule has 1 heterocycles. The van der Waals surface area contributed by atoms with E-state index in [1.165, 1.54) is 6.07 Å². The van der Waals surface area contributed by atoms with E-state index in [4.69, 9.17) is 15.8 Å². The van der Waals surface area contributed by atoms with E-state index >= 15 is 0 Å². The normalized spacial score (nSPS) is 15.8. The van der Waals surface area contributed by atoms with Gasteiger partial charge in [0, 0.05) is 34.4 Å². The van der Waals surface area contributed by atoms with Crippen LogP contribution in [0.2, 0.25) is 0 Å². The third-order valence-electron chi connectivity index (χ3n) is 2.54. The molecule has 0 fully saturated rings. The summed E-state index contributed by atoms with van der Waals surface area (Å²) in [5.74, 6) is 0.931. The molecule has 2 rings (SSSR count). The summed E-state index contributed by atoms with van der Waals surface area (Å²) in [5, 5.41) is 8.98. The van der Waals surface area contributed by atoms with Gasteiger partial charge in [0.15, 0.2) is 0 Å². The lowest BCUT2D eigenvalue weighted by Crippen LogP contribution is -2.31. The number of hydrogen-bond donors (Lipinski definition) is 1. The van der Waals surface area contributed by atoms with Gasteiger partial charge >= 0.3 is 0 Å². The quantitative estimate of drug-likeness (QED) is 0.856. The largest absolute Gasteiger partial charge is 0.395 e. The lowest BCUT2D eigenvalue weighted by atomic mass is 10.2. The fourth-order valence-corrected chi connectivity index (χ4v) is 3.56. The molecule has 1 aromatic carbocycles. The average Bonchev–Trinajstić information content (AvgIpc) is 2.28. The Hall–Kier alpha value is -0.430. The number of nitrogens with zero attached hydrogens (tertiary/aromatic N) is 1. The molecule has 0 radical (unpaired) electrons. The summed E-state index contributed by atoms with van der Waals surface area (Å²) in [4.78, 5) is 3.09. The number of hydrogen-bond acceptors (Lipinski definition) is 5. The van der Waals surface area contributed by atoms with E-state index in [-0.39, 0.29) is 11.5 Å². The van der Waals surface area contributed by atoms with Crippen molar-refractivity contribution in [3.63, 3.8) is 0 Å². The minimum atomic E-state index is -3.70. The highest BCUT2D eigenvalue weighted by Crippen LogP contribution is 2.36. The van der Waals surface area contributed by atoms with E-state index in [1.807, 2.05) is 4.90 Å². The Morgan fingerprint density at radius 2 is 2.24 bits per heavy atom. The molecule has 0 atom stereocenters. The fraction of sp³-hybridized carbons (Fsp3) is 0.400. The molecule has 0 bridgehead atoms. The van der Waals surface area contributed by atoms with Gasteiger partial charge in [0.05, 0.1) is 17.2 Å². The summed E-state index contributed by atoms with van der Waals surface area (Å²) in [7, 11) is 1.62. The van der Waals surface area contributed by atoms with Crippen molar-refractivity contribution in [2.45, 2.75) is 9.79 Å². The zero-order valence-electron chi connectivity index (χ0n) is 8.97. The van der Waals surface area contributed by atoms with Crippen molar-refractivity contribution in [2.75, 3.05) is 30.3 Å².